The number of hydrogen-bond donors (Lipinski definition) is 2. The summed E-state index contributed by atoms with van der Waals surface area (Å²) in [5.74, 6) is -0.0531. The number of aromatic amines is 1. The number of carbonyl (C=O) groups excluding carboxylic acids is 1. The zero-order valence-corrected chi connectivity index (χ0v) is 25.0. The zero-order chi connectivity index (χ0) is 29.8. The maximum Gasteiger partial charge on any atom is 0.416 e. The van der Waals surface area contributed by atoms with Gasteiger partial charge in [0.05, 0.1) is 0 Å². The maximum absolute atomic E-state index is 13.5. The second-order valence-corrected chi connectivity index (χ2v) is 12.0. The van der Waals surface area contributed by atoms with Gasteiger partial charge in [-0.1, -0.05) is 37.1 Å². The van der Waals surface area contributed by atoms with Crippen LogP contribution in [-0.2, 0) is 12.8 Å². The molecular weight excluding hydrogens is 541 g/mol. The molecule has 1 unspecified atom stereocenters. The number of hydrogen-bond acceptors (Lipinski definition) is 5. The van der Waals surface area contributed by atoms with E-state index in [4.69, 9.17) is 10.5 Å². The Bertz CT molecular complexity index is 1530. The van der Waals surface area contributed by atoms with Gasteiger partial charge in [0.15, 0.2) is 0 Å². The number of fused-ring (bicyclic) bond motifs is 3. The molecule has 0 spiro atoms. The van der Waals surface area contributed by atoms with Gasteiger partial charge < -0.3 is 25.3 Å². The summed E-state index contributed by atoms with van der Waals surface area (Å²) in [6.07, 6.45) is 6.23. The van der Waals surface area contributed by atoms with Crippen LogP contribution in [0.2, 0.25) is 0 Å². The van der Waals surface area contributed by atoms with Crippen LogP contribution in [0.15, 0.2) is 66.7 Å². The molecule has 43 heavy (non-hydrogen) atoms. The number of nitrogens with one attached hydrogen (secondary N) is 1. The van der Waals surface area contributed by atoms with Gasteiger partial charge in [-0.15, -0.1) is 0 Å². The standard InChI is InChI=1S/C35H42FN5O2/c1-39-20-22-40(23-21-39)18-5-3-2-4-6-25-7-9-26(10-8-25)34-33-30(31-24-28(37)13-16-32(31)38-33)17-19-41(34)35(42)43-29-14-11-27(36)12-15-29/h7-16,24,34,38H,2-6,17-23,37H2,1H3. The predicted octanol–water partition coefficient (Wildman–Crippen LogP) is 6.39. The number of nitrogens with two attached hydrogens (primary N) is 1. The molecule has 1 amide bonds. The summed E-state index contributed by atoms with van der Waals surface area (Å²) in [5, 5.41) is 1.09. The number of halogens is 1. The van der Waals surface area contributed by atoms with Gasteiger partial charge >= 0.3 is 6.09 Å². The number of ether oxygens (including phenoxy) is 1. The van der Waals surface area contributed by atoms with Crippen LogP contribution in [0.4, 0.5) is 14.9 Å². The van der Waals surface area contributed by atoms with E-state index >= 15 is 0 Å². The van der Waals surface area contributed by atoms with Crippen LogP contribution in [0.3, 0.4) is 0 Å². The predicted molar refractivity (Wildman–Crippen MR) is 170 cm³/mol. The number of rotatable bonds is 9. The Kier molecular flexibility index (Phi) is 8.95. The Morgan fingerprint density at radius 2 is 1.67 bits per heavy atom. The summed E-state index contributed by atoms with van der Waals surface area (Å²) in [6.45, 7) is 6.46. The number of unbranched alkanes of at least 4 members (excludes halogenated alkanes) is 3. The molecule has 8 heteroatoms. The molecule has 3 aromatic carbocycles. The lowest BCUT2D eigenvalue weighted by Crippen LogP contribution is -2.44. The first-order valence-corrected chi connectivity index (χ1v) is 15.6. The molecule has 7 nitrogen and oxygen atoms in total. The van der Waals surface area contributed by atoms with Crippen LogP contribution in [0.5, 0.6) is 5.75 Å². The van der Waals surface area contributed by atoms with Crippen LogP contribution in [0.25, 0.3) is 10.9 Å². The van der Waals surface area contributed by atoms with Crippen molar-refractivity contribution >= 4 is 22.7 Å². The molecule has 0 saturated carbocycles. The minimum Gasteiger partial charge on any atom is -0.410 e. The zero-order valence-electron chi connectivity index (χ0n) is 25.0. The number of aromatic nitrogens is 1. The molecule has 6 rings (SSSR count). The molecule has 1 saturated heterocycles. The number of nitrogen functional groups attached to an aromatic ring is 1. The molecule has 3 heterocycles. The number of nitrogens with zero attached hydrogens (tertiary/aromatic N) is 3. The Labute approximate surface area is 253 Å². The first kappa shape index (κ1) is 29.2. The monoisotopic (exact) mass is 583 g/mol. The molecule has 0 aliphatic carbocycles. The average molecular weight is 584 g/mol. The van der Waals surface area contributed by atoms with Crippen molar-refractivity contribution in [2.45, 2.75) is 44.6 Å². The minimum absolute atomic E-state index is 0.319. The SMILES string of the molecule is CN1CCN(CCCCCCc2ccc(C3c4[nH]c5ccc(N)cc5c4CCN3C(=O)Oc3ccc(F)cc3)cc2)CC1. The molecule has 0 radical (unpaired) electrons. The third kappa shape index (κ3) is 6.86. The molecule has 3 N–H and O–H groups in total. The number of amides is 1. The number of piperazine rings is 1. The lowest BCUT2D eigenvalue weighted by molar-refractivity contribution is 0.135. The Morgan fingerprint density at radius 3 is 2.44 bits per heavy atom. The van der Waals surface area contributed by atoms with Crippen molar-refractivity contribution in [2.24, 2.45) is 0 Å². The van der Waals surface area contributed by atoms with Crippen LogP contribution in [0, 0.1) is 5.82 Å². The van der Waals surface area contributed by atoms with Crippen molar-refractivity contribution in [1.82, 2.24) is 19.7 Å². The fourth-order valence-corrected chi connectivity index (χ4v) is 6.47. The second-order valence-electron chi connectivity index (χ2n) is 12.0. The van der Waals surface area contributed by atoms with Gasteiger partial charge in [-0.25, -0.2) is 9.18 Å². The number of likely N-dealkylation sites (N-methyl/N-ethyl adjacent to an activating group) is 1. The van der Waals surface area contributed by atoms with E-state index in [1.807, 2.05) is 18.2 Å². The minimum atomic E-state index is -0.457. The van der Waals surface area contributed by atoms with Gasteiger partial charge in [0.1, 0.15) is 17.6 Å². The van der Waals surface area contributed by atoms with Gasteiger partial charge in [-0.3, -0.25) is 4.90 Å². The molecular formula is C35H42FN5O2. The highest BCUT2D eigenvalue weighted by molar-refractivity contribution is 5.88. The van der Waals surface area contributed by atoms with Gasteiger partial charge in [-0.05, 0) is 98.4 Å². The highest BCUT2D eigenvalue weighted by atomic mass is 19.1. The third-order valence-corrected chi connectivity index (χ3v) is 8.99. The molecule has 2 aliphatic rings. The number of anilines is 1. The molecule has 4 aromatic rings. The highest BCUT2D eigenvalue weighted by Crippen LogP contribution is 2.39. The van der Waals surface area contributed by atoms with Crippen molar-refractivity contribution < 1.29 is 13.9 Å². The van der Waals surface area contributed by atoms with E-state index in [1.54, 1.807) is 4.90 Å². The van der Waals surface area contributed by atoms with E-state index in [-0.39, 0.29) is 11.9 Å². The molecule has 226 valence electrons. The fraction of sp³-hybridized carbons (Fsp3) is 0.400. The summed E-state index contributed by atoms with van der Waals surface area (Å²) < 4.78 is 19.1. The number of H-pyrrole nitrogens is 1. The smallest absolute Gasteiger partial charge is 0.410 e. The summed E-state index contributed by atoms with van der Waals surface area (Å²) in [4.78, 5) is 23.8. The Morgan fingerprint density at radius 1 is 0.930 bits per heavy atom. The summed E-state index contributed by atoms with van der Waals surface area (Å²) in [5.41, 5.74) is 12.3. The quantitative estimate of drug-likeness (QED) is 0.177. The van der Waals surface area contributed by atoms with E-state index in [1.165, 1.54) is 93.8 Å². The number of benzene rings is 3. The molecule has 0 bridgehead atoms. The topological polar surface area (TPSA) is 77.8 Å². The van der Waals surface area contributed by atoms with E-state index in [9.17, 15) is 9.18 Å². The van der Waals surface area contributed by atoms with Crippen LogP contribution in [-0.4, -0.2) is 72.1 Å². The van der Waals surface area contributed by atoms with Gasteiger partial charge in [0.25, 0.3) is 0 Å². The number of aryl methyl sites for hydroxylation is 1. The molecule has 2 aliphatic heterocycles. The average Bonchev–Trinajstić information content (AvgIpc) is 3.38. The number of carbonyl (C=O) groups is 1. The van der Waals surface area contributed by atoms with Crippen molar-refractivity contribution in [3.05, 3.63) is 94.9 Å². The first-order valence-electron chi connectivity index (χ1n) is 15.6. The summed E-state index contributed by atoms with van der Waals surface area (Å²) >= 11 is 0. The van der Waals surface area contributed by atoms with Crippen molar-refractivity contribution in [2.75, 3.05) is 52.0 Å². The first-order chi connectivity index (χ1) is 20.9. The molecule has 1 atom stereocenters. The normalized spacial score (nSPS) is 17.7. The summed E-state index contributed by atoms with van der Waals surface area (Å²) in [7, 11) is 2.20. The van der Waals surface area contributed by atoms with Crippen LogP contribution in [0.1, 0.15) is 54.1 Å². The largest absolute Gasteiger partial charge is 0.416 e. The second kappa shape index (κ2) is 13.2. The maximum atomic E-state index is 13.5. The van der Waals surface area contributed by atoms with Gasteiger partial charge in [0.2, 0.25) is 0 Å². The van der Waals surface area contributed by atoms with E-state index in [0.717, 1.165) is 28.6 Å². The van der Waals surface area contributed by atoms with E-state index < -0.39 is 6.09 Å². The van der Waals surface area contributed by atoms with Crippen LogP contribution >= 0.6 is 0 Å². The molecule has 1 fully saturated rings. The lowest BCUT2D eigenvalue weighted by atomic mass is 9.91. The fourth-order valence-electron chi connectivity index (χ4n) is 6.47. The Balaban J connectivity index is 1.13. The summed E-state index contributed by atoms with van der Waals surface area (Å²) in [6, 6.07) is 19.8. The highest BCUT2D eigenvalue weighted by Gasteiger charge is 2.35. The lowest BCUT2D eigenvalue weighted by Gasteiger charge is -2.35. The van der Waals surface area contributed by atoms with Crippen molar-refractivity contribution in [3.63, 3.8) is 0 Å². The Hall–Kier alpha value is -3.88. The molecule has 1 aromatic heterocycles. The third-order valence-electron chi connectivity index (χ3n) is 8.99. The van der Waals surface area contributed by atoms with Crippen molar-refractivity contribution in [1.29, 1.82) is 0 Å². The van der Waals surface area contributed by atoms with E-state index in [0.29, 0.717) is 24.4 Å². The van der Waals surface area contributed by atoms with Crippen molar-refractivity contribution in [3.8, 4) is 5.75 Å². The van der Waals surface area contributed by atoms with Gasteiger partial charge in [0, 0.05) is 55.0 Å². The van der Waals surface area contributed by atoms with E-state index in [2.05, 4.69) is 46.1 Å². The van der Waals surface area contributed by atoms with Gasteiger partial charge in [-0.2, -0.15) is 0 Å². The van der Waals surface area contributed by atoms with Crippen LogP contribution < -0.4 is 10.5 Å².